The first kappa shape index (κ1) is 17.0. The van der Waals surface area contributed by atoms with E-state index in [9.17, 15) is 18.0 Å². The number of pyridine rings is 1. The lowest BCUT2D eigenvalue weighted by Gasteiger charge is -2.37. The molecule has 132 valence electrons. The summed E-state index contributed by atoms with van der Waals surface area (Å²) >= 11 is 0. The summed E-state index contributed by atoms with van der Waals surface area (Å²) in [5.41, 5.74) is -0.746. The summed E-state index contributed by atoms with van der Waals surface area (Å²) in [6, 6.07) is 2.32. The van der Waals surface area contributed by atoms with Crippen molar-refractivity contribution in [2.75, 3.05) is 44.3 Å². The molecule has 1 aromatic rings. The number of rotatable bonds is 2. The standard InChI is InChI=1S/C16H20F3N3O2/c17-16(18,19)13-4-1-5-20-14(13)22-6-2-3-12(11-22)15(23)21-7-9-24-10-8-21/h1,4-5,12H,2-3,6-11H2. The molecule has 3 rings (SSSR count). The first-order valence-corrected chi connectivity index (χ1v) is 8.10. The van der Waals surface area contributed by atoms with Crippen molar-refractivity contribution in [2.45, 2.75) is 19.0 Å². The molecule has 1 unspecified atom stereocenters. The van der Waals surface area contributed by atoms with Crippen LogP contribution in [0, 0.1) is 5.92 Å². The van der Waals surface area contributed by atoms with Crippen molar-refractivity contribution in [3.8, 4) is 0 Å². The number of alkyl halides is 3. The van der Waals surface area contributed by atoms with Crippen molar-refractivity contribution in [3.63, 3.8) is 0 Å². The quantitative estimate of drug-likeness (QED) is 0.826. The summed E-state index contributed by atoms with van der Waals surface area (Å²) in [4.78, 5) is 19.9. The van der Waals surface area contributed by atoms with Gasteiger partial charge in [-0.3, -0.25) is 4.79 Å². The highest BCUT2D eigenvalue weighted by Gasteiger charge is 2.38. The van der Waals surface area contributed by atoms with Crippen LogP contribution in [0.3, 0.4) is 0 Å². The minimum absolute atomic E-state index is 0.00693. The van der Waals surface area contributed by atoms with Gasteiger partial charge in [-0.25, -0.2) is 4.98 Å². The number of nitrogens with zero attached hydrogens (tertiary/aromatic N) is 3. The lowest BCUT2D eigenvalue weighted by molar-refractivity contribution is -0.139. The maximum absolute atomic E-state index is 13.2. The number of ether oxygens (including phenoxy) is 1. The van der Waals surface area contributed by atoms with E-state index in [1.807, 2.05) is 0 Å². The molecule has 1 amide bonds. The van der Waals surface area contributed by atoms with Crippen LogP contribution in [0.15, 0.2) is 18.3 Å². The summed E-state index contributed by atoms with van der Waals surface area (Å²) in [5.74, 6) is -0.364. The lowest BCUT2D eigenvalue weighted by Crippen LogP contribution is -2.48. The van der Waals surface area contributed by atoms with Crippen molar-refractivity contribution in [1.82, 2.24) is 9.88 Å². The zero-order valence-electron chi connectivity index (χ0n) is 13.3. The first-order valence-electron chi connectivity index (χ1n) is 8.10. The third kappa shape index (κ3) is 3.63. The van der Waals surface area contributed by atoms with E-state index >= 15 is 0 Å². The second-order valence-electron chi connectivity index (χ2n) is 6.10. The normalized spacial score (nSPS) is 22.5. The minimum atomic E-state index is -4.45. The molecule has 0 radical (unpaired) electrons. The molecule has 0 bridgehead atoms. The summed E-state index contributed by atoms with van der Waals surface area (Å²) < 4.78 is 44.8. The minimum Gasteiger partial charge on any atom is -0.378 e. The Bertz CT molecular complexity index is 588. The molecule has 1 atom stereocenters. The lowest BCUT2D eigenvalue weighted by atomic mass is 9.96. The van der Waals surface area contributed by atoms with Crippen molar-refractivity contribution < 1.29 is 22.7 Å². The molecule has 0 spiro atoms. The molecule has 2 saturated heterocycles. The number of hydrogen-bond donors (Lipinski definition) is 0. The van der Waals surface area contributed by atoms with Gasteiger partial charge in [-0.05, 0) is 25.0 Å². The summed E-state index contributed by atoms with van der Waals surface area (Å²) in [6.07, 6.45) is -1.72. The maximum Gasteiger partial charge on any atom is 0.419 e. The van der Waals surface area contributed by atoms with Crippen LogP contribution in [0.5, 0.6) is 0 Å². The zero-order valence-corrected chi connectivity index (χ0v) is 13.3. The number of hydrogen-bond acceptors (Lipinski definition) is 4. The fourth-order valence-corrected chi connectivity index (χ4v) is 3.28. The number of halogens is 3. The Hall–Kier alpha value is -1.83. The average Bonchev–Trinajstić information content (AvgIpc) is 2.61. The predicted molar refractivity (Wildman–Crippen MR) is 81.6 cm³/mol. The number of carbonyl (C=O) groups excluding carboxylic acids is 1. The number of aromatic nitrogens is 1. The van der Waals surface area contributed by atoms with Gasteiger partial charge in [0.25, 0.3) is 0 Å². The second-order valence-corrected chi connectivity index (χ2v) is 6.10. The Balaban J connectivity index is 1.75. The summed E-state index contributed by atoms with van der Waals surface area (Å²) in [6.45, 7) is 2.88. The van der Waals surface area contributed by atoms with Gasteiger partial charge < -0.3 is 14.5 Å². The van der Waals surface area contributed by atoms with E-state index in [1.54, 1.807) is 9.80 Å². The van der Waals surface area contributed by atoms with Crippen LogP contribution in [0.25, 0.3) is 0 Å². The van der Waals surface area contributed by atoms with Crippen molar-refractivity contribution >= 4 is 11.7 Å². The molecule has 5 nitrogen and oxygen atoms in total. The van der Waals surface area contributed by atoms with Gasteiger partial charge >= 0.3 is 6.18 Å². The Labute approximate surface area is 138 Å². The molecule has 3 heterocycles. The maximum atomic E-state index is 13.2. The van der Waals surface area contributed by atoms with E-state index in [0.29, 0.717) is 45.7 Å². The summed E-state index contributed by atoms with van der Waals surface area (Å²) in [5, 5.41) is 0. The van der Waals surface area contributed by atoms with Crippen molar-refractivity contribution in [2.24, 2.45) is 5.92 Å². The number of carbonyl (C=O) groups is 1. The van der Waals surface area contributed by atoms with E-state index in [0.717, 1.165) is 6.07 Å². The van der Waals surface area contributed by atoms with Gasteiger partial charge in [0.1, 0.15) is 5.82 Å². The van der Waals surface area contributed by atoms with Crippen LogP contribution in [0.4, 0.5) is 19.0 Å². The topological polar surface area (TPSA) is 45.7 Å². The van der Waals surface area contributed by atoms with Gasteiger partial charge in [-0.1, -0.05) is 0 Å². The SMILES string of the molecule is O=C(C1CCCN(c2ncccc2C(F)(F)F)C1)N1CCOCC1. The van der Waals surface area contributed by atoms with Crippen LogP contribution >= 0.6 is 0 Å². The molecule has 2 aliphatic rings. The van der Waals surface area contributed by atoms with Gasteiger partial charge in [0.2, 0.25) is 5.91 Å². The number of amides is 1. The molecular weight excluding hydrogens is 323 g/mol. The van der Waals surface area contributed by atoms with Crippen LogP contribution in [0.1, 0.15) is 18.4 Å². The Morgan fingerprint density at radius 3 is 2.71 bits per heavy atom. The molecular formula is C16H20F3N3O2. The van der Waals surface area contributed by atoms with Crippen LogP contribution < -0.4 is 4.90 Å². The molecule has 0 aromatic carbocycles. The van der Waals surface area contributed by atoms with Gasteiger partial charge in [0.15, 0.2) is 0 Å². The Kier molecular flexibility index (Phi) is 4.93. The highest BCUT2D eigenvalue weighted by Crippen LogP contribution is 2.36. The zero-order chi connectivity index (χ0) is 17.2. The molecule has 24 heavy (non-hydrogen) atoms. The van der Waals surface area contributed by atoms with Crippen molar-refractivity contribution in [1.29, 1.82) is 0 Å². The summed E-state index contributed by atoms with van der Waals surface area (Å²) in [7, 11) is 0. The van der Waals surface area contributed by atoms with Crippen LogP contribution in [-0.4, -0.2) is 55.2 Å². The Morgan fingerprint density at radius 1 is 1.25 bits per heavy atom. The fourth-order valence-electron chi connectivity index (χ4n) is 3.28. The monoisotopic (exact) mass is 343 g/mol. The predicted octanol–water partition coefficient (Wildman–Crippen LogP) is 2.18. The number of anilines is 1. The van der Waals surface area contributed by atoms with Crippen LogP contribution in [0.2, 0.25) is 0 Å². The van der Waals surface area contributed by atoms with Gasteiger partial charge in [0.05, 0.1) is 24.7 Å². The van der Waals surface area contributed by atoms with Gasteiger partial charge in [0, 0.05) is 32.4 Å². The number of piperidine rings is 1. The third-order valence-corrected chi connectivity index (χ3v) is 4.49. The Morgan fingerprint density at radius 2 is 2.00 bits per heavy atom. The van der Waals surface area contributed by atoms with E-state index in [4.69, 9.17) is 4.74 Å². The molecule has 2 aliphatic heterocycles. The van der Waals surface area contributed by atoms with Gasteiger partial charge in [-0.2, -0.15) is 13.2 Å². The first-order chi connectivity index (χ1) is 11.5. The second kappa shape index (κ2) is 6.96. The molecule has 2 fully saturated rings. The number of morpholine rings is 1. The van der Waals surface area contributed by atoms with E-state index in [-0.39, 0.29) is 24.2 Å². The molecule has 0 aliphatic carbocycles. The molecule has 0 saturated carbocycles. The average molecular weight is 343 g/mol. The molecule has 0 N–H and O–H groups in total. The fraction of sp³-hybridized carbons (Fsp3) is 0.625. The third-order valence-electron chi connectivity index (χ3n) is 4.49. The van der Waals surface area contributed by atoms with E-state index in [1.165, 1.54) is 12.3 Å². The smallest absolute Gasteiger partial charge is 0.378 e. The van der Waals surface area contributed by atoms with Crippen molar-refractivity contribution in [3.05, 3.63) is 23.9 Å². The highest BCUT2D eigenvalue weighted by molar-refractivity contribution is 5.80. The largest absolute Gasteiger partial charge is 0.419 e. The van der Waals surface area contributed by atoms with E-state index < -0.39 is 11.7 Å². The molecule has 1 aromatic heterocycles. The van der Waals surface area contributed by atoms with Gasteiger partial charge in [-0.15, -0.1) is 0 Å². The van der Waals surface area contributed by atoms with E-state index in [2.05, 4.69) is 4.98 Å². The highest BCUT2D eigenvalue weighted by atomic mass is 19.4. The molecule has 8 heteroatoms. The van der Waals surface area contributed by atoms with Crippen LogP contribution in [-0.2, 0) is 15.7 Å².